The molecule has 6 nitrogen and oxygen atoms in total. The first-order valence-corrected chi connectivity index (χ1v) is 8.81. The number of benzene rings is 1. The van der Waals surface area contributed by atoms with E-state index in [4.69, 9.17) is 4.52 Å². The maximum absolute atomic E-state index is 13.1. The van der Waals surface area contributed by atoms with Gasteiger partial charge in [-0.1, -0.05) is 12.1 Å². The standard InChI is InChI=1S/C19H22N4O2/c1-4-17-21-18(22-25-17)16-6-5-9-23(16)19(24)13-7-8-15-14(10-13)11(2)12(3)20-15/h7-8,10,16,20H,4-6,9H2,1-3H3/t16-/m1/s1. The largest absolute Gasteiger partial charge is 0.358 e. The van der Waals surface area contributed by atoms with Gasteiger partial charge in [0.1, 0.15) is 0 Å². The van der Waals surface area contributed by atoms with Crippen LogP contribution in [0.4, 0.5) is 0 Å². The van der Waals surface area contributed by atoms with E-state index in [0.29, 0.717) is 23.7 Å². The van der Waals surface area contributed by atoms with E-state index in [1.165, 1.54) is 5.56 Å². The Bertz CT molecular complexity index is 940. The van der Waals surface area contributed by atoms with Crippen LogP contribution in [-0.4, -0.2) is 32.5 Å². The van der Waals surface area contributed by atoms with Crippen molar-refractivity contribution >= 4 is 16.8 Å². The minimum Gasteiger partial charge on any atom is -0.358 e. The fourth-order valence-electron chi connectivity index (χ4n) is 3.59. The second kappa shape index (κ2) is 6.02. The van der Waals surface area contributed by atoms with Crippen molar-refractivity contribution < 1.29 is 9.32 Å². The van der Waals surface area contributed by atoms with Gasteiger partial charge in [0.05, 0.1) is 6.04 Å². The number of hydrogen-bond donors (Lipinski definition) is 1. The van der Waals surface area contributed by atoms with E-state index < -0.39 is 0 Å². The summed E-state index contributed by atoms with van der Waals surface area (Å²) in [6.07, 6.45) is 2.53. The Kier molecular flexibility index (Phi) is 3.82. The number of hydrogen-bond acceptors (Lipinski definition) is 4. The van der Waals surface area contributed by atoms with Crippen molar-refractivity contribution in [3.05, 3.63) is 46.7 Å². The molecule has 0 bridgehead atoms. The number of nitrogens with one attached hydrogen (secondary N) is 1. The Hall–Kier alpha value is -2.63. The van der Waals surface area contributed by atoms with Crippen LogP contribution in [0.1, 0.15) is 59.1 Å². The number of aryl methyl sites for hydroxylation is 3. The fourth-order valence-corrected chi connectivity index (χ4v) is 3.59. The van der Waals surface area contributed by atoms with Crippen LogP contribution < -0.4 is 0 Å². The molecule has 2 aromatic heterocycles. The summed E-state index contributed by atoms with van der Waals surface area (Å²) in [5.74, 6) is 1.28. The number of aromatic amines is 1. The second-order valence-corrected chi connectivity index (χ2v) is 6.69. The molecule has 25 heavy (non-hydrogen) atoms. The van der Waals surface area contributed by atoms with Gasteiger partial charge in [0.15, 0.2) is 5.82 Å². The summed E-state index contributed by atoms with van der Waals surface area (Å²) >= 11 is 0. The molecule has 4 rings (SSSR count). The van der Waals surface area contributed by atoms with Crippen molar-refractivity contribution in [2.75, 3.05) is 6.54 Å². The van der Waals surface area contributed by atoms with Gasteiger partial charge in [-0.3, -0.25) is 4.79 Å². The van der Waals surface area contributed by atoms with E-state index in [1.54, 1.807) is 0 Å². The highest BCUT2D eigenvalue weighted by atomic mass is 16.5. The summed E-state index contributed by atoms with van der Waals surface area (Å²) in [6, 6.07) is 5.76. The van der Waals surface area contributed by atoms with Crippen LogP contribution in [0.5, 0.6) is 0 Å². The molecule has 1 aliphatic heterocycles. The third-order valence-electron chi connectivity index (χ3n) is 5.15. The lowest BCUT2D eigenvalue weighted by atomic mass is 10.1. The van der Waals surface area contributed by atoms with Crippen molar-refractivity contribution in [1.29, 1.82) is 0 Å². The molecule has 0 aliphatic carbocycles. The number of amides is 1. The second-order valence-electron chi connectivity index (χ2n) is 6.69. The van der Waals surface area contributed by atoms with Gasteiger partial charge in [-0.15, -0.1) is 0 Å². The number of H-pyrrole nitrogens is 1. The molecule has 3 heterocycles. The van der Waals surface area contributed by atoms with Gasteiger partial charge in [0.2, 0.25) is 5.89 Å². The molecule has 1 atom stereocenters. The summed E-state index contributed by atoms with van der Waals surface area (Å²) < 4.78 is 5.23. The Balaban J connectivity index is 1.66. The van der Waals surface area contributed by atoms with Gasteiger partial charge in [0, 0.05) is 35.1 Å². The maximum atomic E-state index is 13.1. The molecule has 1 saturated heterocycles. The Labute approximate surface area is 146 Å². The smallest absolute Gasteiger partial charge is 0.254 e. The molecule has 1 N–H and O–H groups in total. The maximum Gasteiger partial charge on any atom is 0.254 e. The van der Waals surface area contributed by atoms with Crippen LogP contribution in [0.3, 0.4) is 0 Å². The van der Waals surface area contributed by atoms with E-state index in [2.05, 4.69) is 29.0 Å². The normalized spacial score (nSPS) is 17.6. The zero-order chi connectivity index (χ0) is 17.6. The molecular weight excluding hydrogens is 316 g/mol. The van der Waals surface area contributed by atoms with Crippen LogP contribution in [0.25, 0.3) is 10.9 Å². The summed E-state index contributed by atoms with van der Waals surface area (Å²) in [4.78, 5) is 22.8. The molecule has 1 fully saturated rings. The zero-order valence-electron chi connectivity index (χ0n) is 14.8. The highest BCUT2D eigenvalue weighted by Crippen LogP contribution is 2.32. The van der Waals surface area contributed by atoms with Gasteiger partial charge in [-0.2, -0.15) is 4.98 Å². The molecule has 6 heteroatoms. The molecule has 0 unspecified atom stereocenters. The predicted octanol–water partition coefficient (Wildman–Crippen LogP) is 3.71. The molecule has 0 spiro atoms. The van der Waals surface area contributed by atoms with E-state index in [1.807, 2.05) is 30.0 Å². The minimum atomic E-state index is -0.0960. The quantitative estimate of drug-likeness (QED) is 0.790. The number of aromatic nitrogens is 3. The monoisotopic (exact) mass is 338 g/mol. The van der Waals surface area contributed by atoms with E-state index in [-0.39, 0.29) is 11.9 Å². The molecule has 1 amide bonds. The lowest BCUT2D eigenvalue weighted by Gasteiger charge is -2.22. The lowest BCUT2D eigenvalue weighted by Crippen LogP contribution is -2.31. The molecule has 3 aromatic rings. The number of likely N-dealkylation sites (tertiary alicyclic amines) is 1. The molecule has 0 radical (unpaired) electrons. The Morgan fingerprint density at radius 1 is 1.40 bits per heavy atom. The number of carbonyl (C=O) groups is 1. The first kappa shape index (κ1) is 15.9. The van der Waals surface area contributed by atoms with Gasteiger partial charge >= 0.3 is 0 Å². The van der Waals surface area contributed by atoms with Crippen molar-refractivity contribution in [1.82, 2.24) is 20.0 Å². The van der Waals surface area contributed by atoms with E-state index in [0.717, 1.165) is 36.0 Å². The first-order valence-electron chi connectivity index (χ1n) is 8.81. The number of rotatable bonds is 3. The van der Waals surface area contributed by atoms with Crippen LogP contribution in [0, 0.1) is 13.8 Å². The van der Waals surface area contributed by atoms with Gasteiger partial charge in [0.25, 0.3) is 5.91 Å². The fraction of sp³-hybridized carbons (Fsp3) is 0.421. The minimum absolute atomic E-state index is 0.0329. The van der Waals surface area contributed by atoms with Gasteiger partial charge in [-0.25, -0.2) is 0 Å². The summed E-state index contributed by atoms with van der Waals surface area (Å²) in [6.45, 7) is 6.83. The van der Waals surface area contributed by atoms with Crippen LogP contribution >= 0.6 is 0 Å². The first-order chi connectivity index (χ1) is 12.1. The van der Waals surface area contributed by atoms with E-state index >= 15 is 0 Å². The molecule has 130 valence electrons. The third kappa shape index (κ3) is 2.62. The topological polar surface area (TPSA) is 75.0 Å². The van der Waals surface area contributed by atoms with Crippen molar-refractivity contribution in [3.63, 3.8) is 0 Å². The van der Waals surface area contributed by atoms with Crippen molar-refractivity contribution in [2.24, 2.45) is 0 Å². The lowest BCUT2D eigenvalue weighted by molar-refractivity contribution is 0.0728. The predicted molar refractivity (Wildman–Crippen MR) is 94.5 cm³/mol. The van der Waals surface area contributed by atoms with Crippen molar-refractivity contribution in [3.8, 4) is 0 Å². The zero-order valence-corrected chi connectivity index (χ0v) is 14.8. The number of nitrogens with zero attached hydrogens (tertiary/aromatic N) is 3. The molecule has 1 aromatic carbocycles. The Morgan fingerprint density at radius 2 is 2.24 bits per heavy atom. The van der Waals surface area contributed by atoms with Crippen LogP contribution in [0.15, 0.2) is 22.7 Å². The average Bonchev–Trinajstić information content (AvgIpc) is 3.33. The molecule has 0 saturated carbocycles. The van der Waals surface area contributed by atoms with Crippen LogP contribution in [-0.2, 0) is 6.42 Å². The number of fused-ring (bicyclic) bond motifs is 1. The highest BCUT2D eigenvalue weighted by Gasteiger charge is 2.34. The Morgan fingerprint density at radius 3 is 3.00 bits per heavy atom. The summed E-state index contributed by atoms with van der Waals surface area (Å²) in [5, 5.41) is 5.18. The molecular formula is C19H22N4O2. The van der Waals surface area contributed by atoms with Crippen molar-refractivity contribution in [2.45, 2.75) is 46.1 Å². The number of carbonyl (C=O) groups excluding carboxylic acids is 1. The molecule has 1 aliphatic rings. The van der Waals surface area contributed by atoms with E-state index in [9.17, 15) is 4.79 Å². The average molecular weight is 338 g/mol. The summed E-state index contributed by atoms with van der Waals surface area (Å²) in [5.41, 5.74) is 4.10. The highest BCUT2D eigenvalue weighted by molar-refractivity contribution is 5.99. The van der Waals surface area contributed by atoms with Gasteiger partial charge in [-0.05, 0) is 50.5 Å². The third-order valence-corrected chi connectivity index (χ3v) is 5.15. The van der Waals surface area contributed by atoms with Crippen LogP contribution in [0.2, 0.25) is 0 Å². The van der Waals surface area contributed by atoms with Gasteiger partial charge < -0.3 is 14.4 Å². The summed E-state index contributed by atoms with van der Waals surface area (Å²) in [7, 11) is 0. The SMILES string of the molecule is CCc1nc([C@H]2CCCN2C(=O)c2ccc3[nH]c(C)c(C)c3c2)no1.